The predicted octanol–water partition coefficient (Wildman–Crippen LogP) is 2.49. The highest BCUT2D eigenvalue weighted by molar-refractivity contribution is 5.77. The van der Waals surface area contributed by atoms with Gasteiger partial charge in [0.05, 0.1) is 5.52 Å². The van der Waals surface area contributed by atoms with Gasteiger partial charge in [0.2, 0.25) is 5.91 Å². The van der Waals surface area contributed by atoms with Crippen LogP contribution in [0.2, 0.25) is 0 Å². The molecule has 4 rings (SSSR count). The number of likely N-dealkylation sites (tertiary alicyclic amines) is 1. The van der Waals surface area contributed by atoms with Crippen molar-refractivity contribution in [2.24, 2.45) is 0 Å². The van der Waals surface area contributed by atoms with E-state index in [9.17, 15) is 9.59 Å². The van der Waals surface area contributed by atoms with Crippen molar-refractivity contribution in [1.82, 2.24) is 19.4 Å². The number of aromatic nitrogens is 3. The van der Waals surface area contributed by atoms with Gasteiger partial charge in [0.25, 0.3) is 0 Å². The Labute approximate surface area is 156 Å². The van der Waals surface area contributed by atoms with Gasteiger partial charge >= 0.3 is 5.76 Å². The van der Waals surface area contributed by atoms with Crippen LogP contribution >= 0.6 is 0 Å². The van der Waals surface area contributed by atoms with E-state index >= 15 is 0 Å². The van der Waals surface area contributed by atoms with Crippen LogP contribution in [-0.2, 0) is 11.3 Å². The third-order valence-electron chi connectivity index (χ3n) is 5.17. The Morgan fingerprint density at radius 2 is 2.22 bits per heavy atom. The minimum Gasteiger partial charge on any atom is -0.408 e. The Morgan fingerprint density at radius 3 is 3.04 bits per heavy atom. The van der Waals surface area contributed by atoms with Crippen LogP contribution < -0.4 is 5.76 Å². The van der Waals surface area contributed by atoms with Gasteiger partial charge in [-0.05, 0) is 43.5 Å². The number of oxazole rings is 1. The van der Waals surface area contributed by atoms with Crippen LogP contribution in [0.15, 0.2) is 46.0 Å². The quantitative estimate of drug-likeness (QED) is 0.709. The number of aryl methyl sites for hydroxylation is 2. The maximum atomic E-state index is 12.7. The largest absolute Gasteiger partial charge is 0.419 e. The fourth-order valence-corrected chi connectivity index (χ4v) is 3.74. The lowest BCUT2D eigenvalue weighted by molar-refractivity contribution is -0.132. The smallest absolute Gasteiger partial charge is 0.408 e. The first-order valence-corrected chi connectivity index (χ1v) is 9.25. The Balaban J connectivity index is 1.44. The number of carbonyl (C=O) groups excluding carboxylic acids is 1. The maximum absolute atomic E-state index is 12.7. The summed E-state index contributed by atoms with van der Waals surface area (Å²) in [6, 6.07) is 7.53. The van der Waals surface area contributed by atoms with Gasteiger partial charge in [0.1, 0.15) is 6.33 Å². The van der Waals surface area contributed by atoms with Gasteiger partial charge < -0.3 is 9.32 Å². The first-order valence-electron chi connectivity index (χ1n) is 9.25. The lowest BCUT2D eigenvalue weighted by atomic mass is 9.94. The summed E-state index contributed by atoms with van der Waals surface area (Å²) in [5.74, 6) is -0.116. The van der Waals surface area contributed by atoms with E-state index in [4.69, 9.17) is 4.42 Å². The number of piperidine rings is 1. The molecule has 2 aromatic heterocycles. The summed E-state index contributed by atoms with van der Waals surface area (Å²) in [6.45, 7) is 3.70. The van der Waals surface area contributed by atoms with Crippen molar-refractivity contribution in [3.8, 4) is 0 Å². The number of carbonyl (C=O) groups is 1. The zero-order valence-corrected chi connectivity index (χ0v) is 15.3. The highest BCUT2D eigenvalue weighted by atomic mass is 16.4. The van der Waals surface area contributed by atoms with Crippen molar-refractivity contribution in [3.05, 3.63) is 58.6 Å². The van der Waals surface area contributed by atoms with E-state index in [0.717, 1.165) is 36.2 Å². The lowest BCUT2D eigenvalue weighted by Crippen LogP contribution is -2.39. The van der Waals surface area contributed by atoms with Crippen LogP contribution in [0.5, 0.6) is 0 Å². The second-order valence-corrected chi connectivity index (χ2v) is 7.05. The van der Waals surface area contributed by atoms with Crippen LogP contribution in [0, 0.1) is 6.92 Å². The van der Waals surface area contributed by atoms with Crippen LogP contribution in [-0.4, -0.2) is 38.4 Å². The van der Waals surface area contributed by atoms with Crippen molar-refractivity contribution < 1.29 is 9.21 Å². The average Bonchev–Trinajstić information content (AvgIpc) is 3.01. The average molecular weight is 366 g/mol. The molecule has 1 unspecified atom stereocenters. The molecule has 3 heterocycles. The van der Waals surface area contributed by atoms with Crippen LogP contribution in [0.4, 0.5) is 0 Å². The molecule has 3 aromatic rings. The minimum absolute atomic E-state index is 0.0580. The molecule has 1 aromatic carbocycles. The fourth-order valence-electron chi connectivity index (χ4n) is 3.74. The van der Waals surface area contributed by atoms with Crippen molar-refractivity contribution in [2.75, 3.05) is 13.1 Å². The molecule has 7 nitrogen and oxygen atoms in total. The molecule has 1 fully saturated rings. The Bertz CT molecular complexity index is 1010. The minimum atomic E-state index is -0.416. The molecule has 0 bridgehead atoms. The highest BCUT2D eigenvalue weighted by Gasteiger charge is 2.25. The van der Waals surface area contributed by atoms with Crippen molar-refractivity contribution in [1.29, 1.82) is 0 Å². The summed E-state index contributed by atoms with van der Waals surface area (Å²) < 4.78 is 6.82. The molecular formula is C20H22N4O3. The number of nitrogens with zero attached hydrogens (tertiary/aromatic N) is 4. The van der Waals surface area contributed by atoms with Crippen molar-refractivity contribution in [2.45, 2.75) is 38.6 Å². The fraction of sp³-hybridized carbons (Fsp3) is 0.400. The molecule has 140 valence electrons. The molecule has 1 atom stereocenters. The monoisotopic (exact) mass is 366 g/mol. The number of rotatable bonds is 4. The SMILES string of the molecule is Cc1ccc2oc(=O)n(CCC(=O)N3CCCC(c4ccncn4)C3)c2c1. The molecule has 0 saturated carbocycles. The molecule has 1 aliphatic rings. The molecule has 0 aliphatic carbocycles. The molecule has 7 heteroatoms. The zero-order valence-electron chi connectivity index (χ0n) is 15.3. The molecule has 1 aliphatic heterocycles. The molecule has 27 heavy (non-hydrogen) atoms. The van der Waals surface area contributed by atoms with Gasteiger partial charge in [0.15, 0.2) is 5.58 Å². The molecule has 0 radical (unpaired) electrons. The first-order chi connectivity index (χ1) is 13.1. The van der Waals surface area contributed by atoms with Gasteiger partial charge in [-0.3, -0.25) is 9.36 Å². The predicted molar refractivity (Wildman–Crippen MR) is 100 cm³/mol. The zero-order chi connectivity index (χ0) is 18.8. The first kappa shape index (κ1) is 17.5. The highest BCUT2D eigenvalue weighted by Crippen LogP contribution is 2.25. The third kappa shape index (κ3) is 3.63. The summed E-state index contributed by atoms with van der Waals surface area (Å²) in [4.78, 5) is 35.0. The van der Waals surface area contributed by atoms with Gasteiger partial charge in [-0.25, -0.2) is 14.8 Å². The Hall–Kier alpha value is -2.96. The Kier molecular flexibility index (Phi) is 4.75. The summed E-state index contributed by atoms with van der Waals surface area (Å²) in [7, 11) is 0. The number of hydrogen-bond acceptors (Lipinski definition) is 5. The van der Waals surface area contributed by atoms with E-state index in [1.165, 1.54) is 0 Å². The van der Waals surface area contributed by atoms with Crippen LogP contribution in [0.1, 0.15) is 36.4 Å². The number of benzene rings is 1. The summed E-state index contributed by atoms with van der Waals surface area (Å²) in [5, 5.41) is 0. The Morgan fingerprint density at radius 1 is 1.33 bits per heavy atom. The van der Waals surface area contributed by atoms with Gasteiger partial charge in [-0.2, -0.15) is 0 Å². The van der Waals surface area contributed by atoms with E-state index in [2.05, 4.69) is 9.97 Å². The van der Waals surface area contributed by atoms with Gasteiger partial charge in [-0.15, -0.1) is 0 Å². The second kappa shape index (κ2) is 7.34. The van der Waals surface area contributed by atoms with E-state index in [-0.39, 0.29) is 18.2 Å². The summed E-state index contributed by atoms with van der Waals surface area (Å²) >= 11 is 0. The molecular weight excluding hydrogens is 344 g/mol. The topological polar surface area (TPSA) is 81.2 Å². The van der Waals surface area contributed by atoms with E-state index in [1.54, 1.807) is 23.2 Å². The van der Waals surface area contributed by atoms with Crippen molar-refractivity contribution in [3.63, 3.8) is 0 Å². The second-order valence-electron chi connectivity index (χ2n) is 7.05. The van der Waals surface area contributed by atoms with Gasteiger partial charge in [-0.1, -0.05) is 6.07 Å². The molecule has 0 N–H and O–H groups in total. The number of amides is 1. The molecule has 1 amide bonds. The maximum Gasteiger partial charge on any atom is 0.419 e. The van der Waals surface area contributed by atoms with E-state index < -0.39 is 5.76 Å². The van der Waals surface area contributed by atoms with E-state index in [0.29, 0.717) is 18.7 Å². The van der Waals surface area contributed by atoms with E-state index in [1.807, 2.05) is 30.0 Å². The van der Waals surface area contributed by atoms with Gasteiger partial charge in [0, 0.05) is 43.9 Å². The third-order valence-corrected chi connectivity index (χ3v) is 5.17. The summed E-state index contributed by atoms with van der Waals surface area (Å²) in [5.41, 5.74) is 3.33. The molecule has 0 spiro atoms. The number of hydrogen-bond donors (Lipinski definition) is 0. The lowest BCUT2D eigenvalue weighted by Gasteiger charge is -2.32. The standard InChI is InChI=1S/C20H22N4O3/c1-14-4-5-18-17(11-14)24(20(26)27-18)10-7-19(25)23-9-2-3-15(12-23)16-6-8-21-13-22-16/h4-6,8,11,13,15H,2-3,7,9-10,12H2,1H3. The normalized spacial score (nSPS) is 17.4. The van der Waals surface area contributed by atoms with Crippen LogP contribution in [0.25, 0.3) is 11.1 Å². The molecule has 1 saturated heterocycles. The summed E-state index contributed by atoms with van der Waals surface area (Å²) in [6.07, 6.45) is 5.54. The van der Waals surface area contributed by atoms with Crippen molar-refractivity contribution >= 4 is 17.0 Å². The van der Waals surface area contributed by atoms with Crippen LogP contribution in [0.3, 0.4) is 0 Å². The number of fused-ring (bicyclic) bond motifs is 1.